The van der Waals surface area contributed by atoms with E-state index in [0.29, 0.717) is 10.6 Å². The summed E-state index contributed by atoms with van der Waals surface area (Å²) in [7, 11) is 0. The van der Waals surface area contributed by atoms with Crippen molar-refractivity contribution in [3.8, 4) is 0 Å². The molecule has 1 N–H and O–H groups in total. The van der Waals surface area contributed by atoms with Crippen molar-refractivity contribution in [3.05, 3.63) is 34.6 Å². The summed E-state index contributed by atoms with van der Waals surface area (Å²) in [6, 6.07) is 4.50. The maximum atomic E-state index is 13.6. The molecular weight excluding hydrogens is 253 g/mol. The van der Waals surface area contributed by atoms with Crippen molar-refractivity contribution >= 4 is 17.4 Å². The lowest BCUT2D eigenvalue weighted by atomic mass is 9.84. The highest BCUT2D eigenvalue weighted by atomic mass is 35.5. The van der Waals surface area contributed by atoms with E-state index in [0.717, 1.165) is 25.8 Å². The number of ketones is 1. The molecule has 1 aliphatic heterocycles. The molecule has 18 heavy (non-hydrogen) atoms. The van der Waals surface area contributed by atoms with Gasteiger partial charge in [-0.15, -0.1) is 0 Å². The van der Waals surface area contributed by atoms with Gasteiger partial charge in [-0.1, -0.05) is 17.7 Å². The molecule has 1 aromatic carbocycles. The summed E-state index contributed by atoms with van der Waals surface area (Å²) in [5.41, 5.74) is -0.234. The Morgan fingerprint density at radius 3 is 2.89 bits per heavy atom. The number of carbonyl (C=O) groups is 1. The van der Waals surface area contributed by atoms with Gasteiger partial charge in [-0.2, -0.15) is 0 Å². The van der Waals surface area contributed by atoms with Crippen LogP contribution in [0, 0.1) is 5.82 Å². The minimum absolute atomic E-state index is 0.00852. The van der Waals surface area contributed by atoms with Crippen molar-refractivity contribution in [3.63, 3.8) is 0 Å². The average molecular weight is 270 g/mol. The molecule has 0 aromatic heterocycles. The van der Waals surface area contributed by atoms with Gasteiger partial charge in [0.25, 0.3) is 0 Å². The second-order valence-corrected chi connectivity index (χ2v) is 5.42. The minimum atomic E-state index is -0.538. The van der Waals surface area contributed by atoms with Gasteiger partial charge in [0, 0.05) is 17.0 Å². The van der Waals surface area contributed by atoms with Gasteiger partial charge >= 0.3 is 0 Å². The molecule has 1 atom stereocenters. The summed E-state index contributed by atoms with van der Waals surface area (Å²) in [6.07, 6.45) is 2.97. The van der Waals surface area contributed by atoms with Crippen LogP contribution in [0.15, 0.2) is 18.2 Å². The predicted octanol–water partition coefficient (Wildman–Crippen LogP) is 3.12. The van der Waals surface area contributed by atoms with Crippen molar-refractivity contribution in [2.75, 3.05) is 6.54 Å². The van der Waals surface area contributed by atoms with E-state index < -0.39 is 11.4 Å². The summed E-state index contributed by atoms with van der Waals surface area (Å²) in [4.78, 5) is 12.3. The second-order valence-electron chi connectivity index (χ2n) is 5.02. The van der Waals surface area contributed by atoms with Crippen LogP contribution in [-0.4, -0.2) is 17.9 Å². The van der Waals surface area contributed by atoms with E-state index >= 15 is 0 Å². The van der Waals surface area contributed by atoms with Gasteiger partial charge in [0.2, 0.25) is 0 Å². The van der Waals surface area contributed by atoms with Crippen LogP contribution in [0.3, 0.4) is 0 Å². The highest BCUT2D eigenvalue weighted by molar-refractivity contribution is 6.31. The van der Waals surface area contributed by atoms with E-state index in [1.807, 2.05) is 6.92 Å². The van der Waals surface area contributed by atoms with Crippen LogP contribution < -0.4 is 5.32 Å². The molecule has 0 bridgehead atoms. The van der Waals surface area contributed by atoms with Crippen LogP contribution in [0.4, 0.5) is 4.39 Å². The monoisotopic (exact) mass is 269 g/mol. The van der Waals surface area contributed by atoms with Crippen LogP contribution >= 0.6 is 11.6 Å². The minimum Gasteiger partial charge on any atom is -0.305 e. The molecular formula is C14H17ClFNO. The average Bonchev–Trinajstić information content (AvgIpc) is 2.34. The van der Waals surface area contributed by atoms with Crippen LogP contribution in [-0.2, 0) is 11.2 Å². The Morgan fingerprint density at radius 2 is 2.28 bits per heavy atom. The molecule has 1 unspecified atom stereocenters. The first-order valence-electron chi connectivity index (χ1n) is 6.24. The Morgan fingerprint density at radius 1 is 1.50 bits per heavy atom. The lowest BCUT2D eigenvalue weighted by Crippen LogP contribution is -2.52. The van der Waals surface area contributed by atoms with E-state index in [4.69, 9.17) is 11.6 Å². The largest absolute Gasteiger partial charge is 0.305 e. The van der Waals surface area contributed by atoms with Crippen molar-refractivity contribution in [2.24, 2.45) is 0 Å². The summed E-state index contributed by atoms with van der Waals surface area (Å²) in [5.74, 6) is -0.399. The van der Waals surface area contributed by atoms with Crippen molar-refractivity contribution in [1.29, 1.82) is 0 Å². The molecule has 0 aliphatic carbocycles. The van der Waals surface area contributed by atoms with Gasteiger partial charge in [0.05, 0.1) is 5.54 Å². The van der Waals surface area contributed by atoms with Gasteiger partial charge in [0.15, 0.2) is 5.78 Å². The number of piperidine rings is 1. The maximum absolute atomic E-state index is 13.6. The fourth-order valence-electron chi connectivity index (χ4n) is 2.35. The van der Waals surface area contributed by atoms with E-state index in [1.165, 1.54) is 6.07 Å². The molecule has 1 aromatic rings. The summed E-state index contributed by atoms with van der Waals surface area (Å²) in [5, 5.41) is 3.56. The number of carbonyl (C=O) groups excluding carboxylic acids is 1. The molecule has 0 saturated carbocycles. The van der Waals surface area contributed by atoms with Gasteiger partial charge in [-0.05, 0) is 44.9 Å². The maximum Gasteiger partial charge on any atom is 0.157 e. The molecule has 0 spiro atoms. The number of halogens is 2. The first-order chi connectivity index (χ1) is 8.53. The summed E-state index contributed by atoms with van der Waals surface area (Å²) < 4.78 is 13.6. The van der Waals surface area contributed by atoms with Gasteiger partial charge in [0.1, 0.15) is 5.82 Å². The van der Waals surface area contributed by atoms with Crippen molar-refractivity contribution < 1.29 is 9.18 Å². The number of rotatable bonds is 3. The first kappa shape index (κ1) is 13.5. The molecule has 0 radical (unpaired) electrons. The first-order valence-corrected chi connectivity index (χ1v) is 6.62. The zero-order valence-electron chi connectivity index (χ0n) is 10.4. The van der Waals surface area contributed by atoms with Gasteiger partial charge < -0.3 is 5.32 Å². The number of nitrogens with one attached hydrogen (secondary N) is 1. The lowest BCUT2D eigenvalue weighted by molar-refractivity contribution is -0.125. The quantitative estimate of drug-likeness (QED) is 0.913. The number of hydrogen-bond donors (Lipinski definition) is 1. The Balaban J connectivity index is 2.16. The molecule has 1 aliphatic rings. The molecule has 1 heterocycles. The van der Waals surface area contributed by atoms with Crippen molar-refractivity contribution in [2.45, 2.75) is 38.1 Å². The molecule has 0 amide bonds. The summed E-state index contributed by atoms with van der Waals surface area (Å²) in [6.45, 7) is 2.73. The molecule has 1 fully saturated rings. The molecule has 1 saturated heterocycles. The van der Waals surface area contributed by atoms with Crippen molar-refractivity contribution in [1.82, 2.24) is 5.32 Å². The third-order valence-electron chi connectivity index (χ3n) is 3.63. The third kappa shape index (κ3) is 2.73. The van der Waals surface area contributed by atoms with Gasteiger partial charge in [-0.25, -0.2) is 4.39 Å². The standard InChI is InChI=1S/C14H17ClFNO/c1-14(7-2-3-8-17-14)13(18)9-10-11(15)5-4-6-12(10)16/h4-6,17H,2-3,7-9H2,1H3. The Kier molecular flexibility index (Phi) is 4.03. The fourth-order valence-corrected chi connectivity index (χ4v) is 2.58. The zero-order chi connectivity index (χ0) is 13.2. The molecule has 98 valence electrons. The van der Waals surface area contributed by atoms with Crippen LogP contribution in [0.5, 0.6) is 0 Å². The SMILES string of the molecule is CC1(C(=O)Cc2c(F)cccc2Cl)CCCCN1. The zero-order valence-corrected chi connectivity index (χ0v) is 11.2. The normalized spacial score (nSPS) is 23.9. The second kappa shape index (κ2) is 5.37. The molecule has 2 rings (SSSR count). The Labute approximate surface area is 112 Å². The molecule has 4 heteroatoms. The molecule has 2 nitrogen and oxygen atoms in total. The van der Waals surface area contributed by atoms with E-state index in [1.54, 1.807) is 12.1 Å². The van der Waals surface area contributed by atoms with Gasteiger partial charge in [-0.3, -0.25) is 4.79 Å². The van der Waals surface area contributed by atoms with Crippen LogP contribution in [0.25, 0.3) is 0 Å². The number of Topliss-reactive ketones (excluding diaryl/α,β-unsaturated/α-hetero) is 1. The Bertz CT molecular complexity index is 435. The highest BCUT2D eigenvalue weighted by Crippen LogP contribution is 2.25. The fraction of sp³-hybridized carbons (Fsp3) is 0.500. The number of hydrogen-bond acceptors (Lipinski definition) is 2. The van der Waals surface area contributed by atoms with E-state index in [9.17, 15) is 9.18 Å². The van der Waals surface area contributed by atoms with Crippen LogP contribution in [0.1, 0.15) is 31.7 Å². The topological polar surface area (TPSA) is 29.1 Å². The van der Waals surface area contributed by atoms with E-state index in [-0.39, 0.29) is 12.2 Å². The number of benzene rings is 1. The highest BCUT2D eigenvalue weighted by Gasteiger charge is 2.34. The smallest absolute Gasteiger partial charge is 0.157 e. The predicted molar refractivity (Wildman–Crippen MR) is 70.4 cm³/mol. The lowest BCUT2D eigenvalue weighted by Gasteiger charge is -2.33. The summed E-state index contributed by atoms with van der Waals surface area (Å²) >= 11 is 5.95. The van der Waals surface area contributed by atoms with E-state index in [2.05, 4.69) is 5.32 Å². The van der Waals surface area contributed by atoms with Crippen LogP contribution in [0.2, 0.25) is 5.02 Å². The third-order valence-corrected chi connectivity index (χ3v) is 3.99. The Hall–Kier alpha value is -0.930.